The van der Waals surface area contributed by atoms with E-state index < -0.39 is 23.0 Å². The van der Waals surface area contributed by atoms with E-state index in [0.717, 1.165) is 25.2 Å². The molecule has 0 spiro atoms. The van der Waals surface area contributed by atoms with Crippen molar-refractivity contribution >= 4 is 11.9 Å². The van der Waals surface area contributed by atoms with Crippen molar-refractivity contribution in [1.82, 2.24) is 0 Å². The van der Waals surface area contributed by atoms with Crippen molar-refractivity contribution in [2.24, 2.45) is 23.2 Å². The monoisotopic (exact) mass is 294 g/mol. The van der Waals surface area contributed by atoms with Gasteiger partial charge in [-0.15, -0.1) is 0 Å². The normalized spacial score (nSPS) is 34.1. The molecule has 0 heterocycles. The molecule has 4 heteroatoms. The quantitative estimate of drug-likeness (QED) is 0.637. The average molecular weight is 294 g/mol. The Morgan fingerprint density at radius 3 is 2.29 bits per heavy atom. The van der Waals surface area contributed by atoms with E-state index in [9.17, 15) is 14.7 Å². The van der Waals surface area contributed by atoms with Gasteiger partial charge in [-0.3, -0.25) is 9.59 Å². The highest BCUT2D eigenvalue weighted by Gasteiger charge is 2.54. The van der Waals surface area contributed by atoms with Gasteiger partial charge in [-0.05, 0) is 57.8 Å². The van der Waals surface area contributed by atoms with Gasteiger partial charge in [0.1, 0.15) is 5.60 Å². The van der Waals surface area contributed by atoms with Crippen LogP contribution in [0.4, 0.5) is 0 Å². The molecule has 0 aromatic rings. The standard InChI is InChI=1S/C17H26O4/c1-16(2,13-10-11-5-6-12(13)9-11)21-15(20)17(14(18)19)7-3-4-8-17/h11-13H,3-10H2,1-2H3,(H,18,19). The summed E-state index contributed by atoms with van der Waals surface area (Å²) in [5, 5.41) is 9.50. The maximum absolute atomic E-state index is 12.6. The first-order valence-electron chi connectivity index (χ1n) is 8.32. The van der Waals surface area contributed by atoms with Gasteiger partial charge in [0.15, 0.2) is 5.41 Å². The third-order valence-corrected chi connectivity index (χ3v) is 6.24. The first-order chi connectivity index (χ1) is 9.85. The highest BCUT2D eigenvalue weighted by molar-refractivity contribution is 5.99. The van der Waals surface area contributed by atoms with E-state index in [0.29, 0.717) is 24.7 Å². The van der Waals surface area contributed by atoms with Crippen LogP contribution in [0.1, 0.15) is 65.2 Å². The Morgan fingerprint density at radius 2 is 1.81 bits per heavy atom. The molecule has 0 aromatic carbocycles. The highest BCUT2D eigenvalue weighted by Crippen LogP contribution is 2.53. The number of aliphatic carboxylic acids is 1. The predicted octanol–water partition coefficient (Wildman–Crippen LogP) is 3.39. The lowest BCUT2D eigenvalue weighted by atomic mass is 9.77. The number of carboxylic acids is 1. The maximum atomic E-state index is 12.6. The number of rotatable bonds is 4. The summed E-state index contributed by atoms with van der Waals surface area (Å²) in [5.74, 6) is 0.335. The van der Waals surface area contributed by atoms with Crippen molar-refractivity contribution < 1.29 is 19.4 Å². The number of ether oxygens (including phenoxy) is 1. The molecule has 0 radical (unpaired) electrons. The smallest absolute Gasteiger partial charge is 0.324 e. The number of hydrogen-bond acceptors (Lipinski definition) is 3. The van der Waals surface area contributed by atoms with Gasteiger partial charge in [0, 0.05) is 5.92 Å². The van der Waals surface area contributed by atoms with Crippen molar-refractivity contribution in [3.8, 4) is 0 Å². The molecular weight excluding hydrogens is 268 g/mol. The zero-order valence-electron chi connectivity index (χ0n) is 13.1. The molecule has 3 saturated carbocycles. The van der Waals surface area contributed by atoms with Gasteiger partial charge in [0.2, 0.25) is 0 Å². The predicted molar refractivity (Wildman–Crippen MR) is 77.6 cm³/mol. The Morgan fingerprint density at radius 1 is 1.14 bits per heavy atom. The third-order valence-electron chi connectivity index (χ3n) is 6.24. The van der Waals surface area contributed by atoms with E-state index >= 15 is 0 Å². The van der Waals surface area contributed by atoms with E-state index in [4.69, 9.17) is 4.74 Å². The molecule has 118 valence electrons. The maximum Gasteiger partial charge on any atom is 0.324 e. The lowest BCUT2D eigenvalue weighted by Gasteiger charge is -2.38. The number of fused-ring (bicyclic) bond motifs is 2. The molecule has 3 aliphatic carbocycles. The van der Waals surface area contributed by atoms with Gasteiger partial charge in [-0.1, -0.05) is 19.3 Å². The summed E-state index contributed by atoms with van der Waals surface area (Å²) in [4.78, 5) is 24.2. The van der Waals surface area contributed by atoms with E-state index in [2.05, 4.69) is 0 Å². The summed E-state index contributed by atoms with van der Waals surface area (Å²) in [6.07, 6.45) is 7.39. The Balaban J connectivity index is 1.72. The molecule has 0 aromatic heterocycles. The molecule has 2 bridgehead atoms. The molecular formula is C17H26O4. The van der Waals surface area contributed by atoms with Crippen LogP contribution in [0, 0.1) is 23.2 Å². The topological polar surface area (TPSA) is 63.6 Å². The first kappa shape index (κ1) is 14.9. The van der Waals surface area contributed by atoms with Crippen molar-refractivity contribution in [2.45, 2.75) is 70.8 Å². The number of carbonyl (C=O) groups excluding carboxylic acids is 1. The second-order valence-electron chi connectivity index (χ2n) is 7.87. The summed E-state index contributed by atoms with van der Waals surface area (Å²) in [6, 6.07) is 0. The minimum atomic E-state index is -1.28. The Bertz CT molecular complexity index is 448. The Hall–Kier alpha value is -1.06. The van der Waals surface area contributed by atoms with Crippen LogP contribution < -0.4 is 0 Å². The molecule has 3 aliphatic rings. The van der Waals surface area contributed by atoms with Crippen LogP contribution >= 0.6 is 0 Å². The van der Waals surface area contributed by atoms with E-state index in [1.54, 1.807) is 0 Å². The highest BCUT2D eigenvalue weighted by atomic mass is 16.6. The molecule has 3 unspecified atom stereocenters. The molecule has 3 atom stereocenters. The third kappa shape index (κ3) is 2.36. The zero-order valence-corrected chi connectivity index (χ0v) is 13.1. The van der Waals surface area contributed by atoms with Gasteiger partial charge in [-0.25, -0.2) is 0 Å². The van der Waals surface area contributed by atoms with E-state index in [-0.39, 0.29) is 0 Å². The Kier molecular flexibility index (Phi) is 3.53. The van der Waals surface area contributed by atoms with Gasteiger partial charge in [0.25, 0.3) is 0 Å². The van der Waals surface area contributed by atoms with Crippen LogP contribution in [0.5, 0.6) is 0 Å². The summed E-state index contributed by atoms with van der Waals surface area (Å²) in [7, 11) is 0. The molecule has 4 nitrogen and oxygen atoms in total. The van der Waals surface area contributed by atoms with Crippen LogP contribution in [0.25, 0.3) is 0 Å². The van der Waals surface area contributed by atoms with Crippen LogP contribution in [-0.4, -0.2) is 22.6 Å². The number of esters is 1. The minimum absolute atomic E-state index is 0.396. The van der Waals surface area contributed by atoms with Crippen molar-refractivity contribution in [3.63, 3.8) is 0 Å². The van der Waals surface area contributed by atoms with Crippen LogP contribution in [-0.2, 0) is 14.3 Å². The summed E-state index contributed by atoms with van der Waals surface area (Å²) >= 11 is 0. The van der Waals surface area contributed by atoms with E-state index in [1.165, 1.54) is 19.3 Å². The summed E-state index contributed by atoms with van der Waals surface area (Å²) in [5.41, 5.74) is -1.82. The van der Waals surface area contributed by atoms with Crippen LogP contribution in [0.2, 0.25) is 0 Å². The van der Waals surface area contributed by atoms with Crippen LogP contribution in [0.15, 0.2) is 0 Å². The molecule has 1 N–H and O–H groups in total. The minimum Gasteiger partial charge on any atom is -0.480 e. The second-order valence-corrected chi connectivity index (χ2v) is 7.87. The molecule has 0 saturated heterocycles. The lowest BCUT2D eigenvalue weighted by molar-refractivity contribution is -0.183. The van der Waals surface area contributed by atoms with Crippen molar-refractivity contribution in [2.75, 3.05) is 0 Å². The number of carboxylic acid groups (broad SMARTS) is 1. The average Bonchev–Trinajstić information content (AvgIpc) is 3.14. The molecule has 3 rings (SSSR count). The Labute approximate surface area is 126 Å². The second kappa shape index (κ2) is 4.99. The lowest BCUT2D eigenvalue weighted by Crippen LogP contribution is -2.46. The van der Waals surface area contributed by atoms with Crippen molar-refractivity contribution in [1.29, 1.82) is 0 Å². The SMILES string of the molecule is CC(C)(OC(=O)C1(C(=O)O)CCCC1)C1CC2CCC1C2. The van der Waals surface area contributed by atoms with Gasteiger partial charge < -0.3 is 9.84 Å². The number of carbonyl (C=O) groups is 2. The van der Waals surface area contributed by atoms with Crippen molar-refractivity contribution in [3.05, 3.63) is 0 Å². The fourth-order valence-corrected chi connectivity index (χ4v) is 4.99. The molecule has 0 amide bonds. The molecule has 21 heavy (non-hydrogen) atoms. The van der Waals surface area contributed by atoms with Gasteiger partial charge in [0.05, 0.1) is 0 Å². The number of hydrogen-bond donors (Lipinski definition) is 1. The largest absolute Gasteiger partial charge is 0.480 e. The summed E-state index contributed by atoms with van der Waals surface area (Å²) in [6.45, 7) is 3.95. The van der Waals surface area contributed by atoms with Gasteiger partial charge in [-0.2, -0.15) is 0 Å². The fraction of sp³-hybridized carbons (Fsp3) is 0.882. The summed E-state index contributed by atoms with van der Waals surface area (Å²) < 4.78 is 5.80. The van der Waals surface area contributed by atoms with Crippen LogP contribution in [0.3, 0.4) is 0 Å². The fourth-order valence-electron chi connectivity index (χ4n) is 4.99. The van der Waals surface area contributed by atoms with E-state index in [1.807, 2.05) is 13.8 Å². The first-order valence-corrected chi connectivity index (χ1v) is 8.32. The zero-order chi connectivity index (χ0) is 15.3. The molecule has 3 fully saturated rings. The van der Waals surface area contributed by atoms with Gasteiger partial charge >= 0.3 is 11.9 Å². The molecule has 0 aliphatic heterocycles.